The smallest absolute Gasteiger partial charge is 0.408 e. The molecule has 2 aliphatic heterocycles. The molecule has 4 N–H and O–H groups in total. The normalized spacial score (nSPS) is 22.0. The molecule has 12 heteroatoms. The van der Waals surface area contributed by atoms with Crippen LogP contribution in [0.2, 0.25) is 0 Å². The molecule has 238 valence electrons. The lowest BCUT2D eigenvalue weighted by atomic mass is 9.95. The van der Waals surface area contributed by atoms with Crippen molar-refractivity contribution in [1.82, 2.24) is 20.9 Å². The van der Waals surface area contributed by atoms with E-state index in [4.69, 9.17) is 4.74 Å². The summed E-state index contributed by atoms with van der Waals surface area (Å²) < 4.78 is 4.65. The number of rotatable bonds is 14. The predicted molar refractivity (Wildman–Crippen MR) is 164 cm³/mol. The number of β-lactam (4-membered cyclic amide) rings is 1. The van der Waals surface area contributed by atoms with E-state index in [0.29, 0.717) is 18.4 Å². The lowest BCUT2D eigenvalue weighted by Crippen LogP contribution is -2.71. The molecule has 1 unspecified atom stereocenters. The van der Waals surface area contributed by atoms with Crippen LogP contribution in [0.25, 0.3) is 0 Å². The van der Waals surface area contributed by atoms with E-state index in [-0.39, 0.29) is 0 Å². The Hall–Kier alpha value is -3.28. The number of fused-ring (bicyclic) bond motifs is 1. The van der Waals surface area contributed by atoms with E-state index in [1.807, 2.05) is 0 Å². The van der Waals surface area contributed by atoms with Crippen LogP contribution in [0, 0.1) is 0 Å². The monoisotopic (exact) mass is 618 g/mol. The van der Waals surface area contributed by atoms with E-state index < -0.39 is 69.7 Å². The average Bonchev–Trinajstić information content (AvgIpc) is 3.18. The molecule has 43 heavy (non-hydrogen) atoms. The second-order valence-corrected chi connectivity index (χ2v) is 14.5. The highest BCUT2D eigenvalue weighted by molar-refractivity contribution is 8.01. The highest BCUT2D eigenvalue weighted by Gasteiger charge is 2.64. The molecule has 5 atom stereocenters. The quantitative estimate of drug-likeness (QED) is 0.179. The zero-order chi connectivity index (χ0) is 31.9. The van der Waals surface area contributed by atoms with Crippen LogP contribution < -0.4 is 16.0 Å². The van der Waals surface area contributed by atoms with Gasteiger partial charge in [0.1, 0.15) is 35.1 Å². The largest absolute Gasteiger partial charge is 0.480 e. The molecule has 0 saturated carbocycles. The van der Waals surface area contributed by atoms with Crippen LogP contribution in [-0.2, 0) is 23.9 Å². The summed E-state index contributed by atoms with van der Waals surface area (Å²) in [5.74, 6) is -2.73. The van der Waals surface area contributed by atoms with Crippen LogP contribution >= 0.6 is 11.8 Å². The van der Waals surface area contributed by atoms with Gasteiger partial charge in [0.25, 0.3) is 0 Å². The van der Waals surface area contributed by atoms with Crippen molar-refractivity contribution >= 4 is 41.5 Å². The van der Waals surface area contributed by atoms with Gasteiger partial charge in [-0.2, -0.15) is 0 Å². The number of aliphatic carboxylic acids is 1. The van der Waals surface area contributed by atoms with Crippen molar-refractivity contribution < 1.29 is 33.8 Å². The Balaban J connectivity index is 1.75. The lowest BCUT2D eigenvalue weighted by molar-refractivity contribution is -0.161. The van der Waals surface area contributed by atoms with Gasteiger partial charge in [0.05, 0.1) is 0 Å². The molecule has 0 radical (unpaired) electrons. The summed E-state index contributed by atoms with van der Waals surface area (Å²) in [6.45, 7) is 10.9. The first-order chi connectivity index (χ1) is 20.2. The summed E-state index contributed by atoms with van der Waals surface area (Å²) in [5, 5.41) is 17.4. The van der Waals surface area contributed by atoms with Gasteiger partial charge in [-0.15, -0.1) is 11.8 Å². The number of hydrogen-bond donors (Lipinski definition) is 4. The van der Waals surface area contributed by atoms with Crippen molar-refractivity contribution in [3.63, 3.8) is 0 Å². The zero-order valence-corrected chi connectivity index (χ0v) is 26.8. The number of nitrogens with zero attached hydrogens (tertiary/aromatic N) is 1. The fraction of sp³-hybridized carbons (Fsp3) is 0.645. The second kappa shape index (κ2) is 14.5. The van der Waals surface area contributed by atoms with E-state index in [1.54, 1.807) is 65.0 Å². The van der Waals surface area contributed by atoms with E-state index in [0.717, 1.165) is 32.1 Å². The molecule has 2 fully saturated rings. The third-order valence-electron chi connectivity index (χ3n) is 7.51. The van der Waals surface area contributed by atoms with Gasteiger partial charge in [-0.25, -0.2) is 9.59 Å². The van der Waals surface area contributed by atoms with Gasteiger partial charge in [-0.3, -0.25) is 14.4 Å². The van der Waals surface area contributed by atoms with Crippen LogP contribution in [0.1, 0.15) is 98.1 Å². The standard InChI is InChI=1S/C31H46N4O7S/c1-7-8-9-10-11-15-18-20(32-29(41)42-30(2,3)4)24(36)33-21(19-16-13-12-14-17-19)25(37)34-22-26(38)35-23(28(39)40)31(5,6)43-27(22)35/h12-14,16-17,20-23,27H,7-11,15,18H2,1-6H3,(H,32,41)(H,33,36)(H,34,37)(H,39,40)/t20?,21-,22-,23+,27-/m1/s1. The third-order valence-corrected chi connectivity index (χ3v) is 9.08. The second-order valence-electron chi connectivity index (χ2n) is 12.7. The van der Waals surface area contributed by atoms with Crippen LogP contribution in [0.3, 0.4) is 0 Å². The Bertz CT molecular complexity index is 1170. The number of alkyl carbamates (subject to hydrolysis) is 1. The number of amides is 4. The minimum atomic E-state index is -1.15. The molecule has 0 aliphatic carbocycles. The van der Waals surface area contributed by atoms with Crippen LogP contribution in [0.15, 0.2) is 30.3 Å². The van der Waals surface area contributed by atoms with Gasteiger partial charge >= 0.3 is 12.1 Å². The molecule has 0 bridgehead atoms. The van der Waals surface area contributed by atoms with Crippen LogP contribution in [-0.4, -0.2) is 73.6 Å². The Morgan fingerprint density at radius 3 is 2.23 bits per heavy atom. The van der Waals surface area contributed by atoms with Crippen LogP contribution in [0.5, 0.6) is 0 Å². The molecule has 2 heterocycles. The van der Waals surface area contributed by atoms with Crippen molar-refractivity contribution in [2.45, 2.75) is 126 Å². The maximum absolute atomic E-state index is 13.7. The summed E-state index contributed by atoms with van der Waals surface area (Å²) >= 11 is 1.32. The highest BCUT2D eigenvalue weighted by Crippen LogP contribution is 2.50. The van der Waals surface area contributed by atoms with Gasteiger partial charge in [0.15, 0.2) is 0 Å². The van der Waals surface area contributed by atoms with E-state index in [1.165, 1.54) is 16.7 Å². The summed E-state index contributed by atoms with van der Waals surface area (Å²) in [7, 11) is 0. The summed E-state index contributed by atoms with van der Waals surface area (Å²) in [6.07, 6.45) is 5.62. The van der Waals surface area contributed by atoms with E-state index >= 15 is 0 Å². The van der Waals surface area contributed by atoms with Crippen molar-refractivity contribution in [3.8, 4) is 0 Å². The predicted octanol–water partition coefficient (Wildman–Crippen LogP) is 4.12. The Kier molecular flexibility index (Phi) is 11.5. The summed E-state index contributed by atoms with van der Waals surface area (Å²) in [5.41, 5.74) is -0.261. The minimum absolute atomic E-state index is 0.362. The first kappa shape index (κ1) is 34.2. The highest BCUT2D eigenvalue weighted by atomic mass is 32.2. The molecular weight excluding hydrogens is 572 g/mol. The van der Waals surface area contributed by atoms with Gasteiger partial charge in [-0.1, -0.05) is 75.8 Å². The first-order valence-corrected chi connectivity index (χ1v) is 15.9. The molecule has 4 amide bonds. The molecule has 2 aliphatic rings. The molecule has 2 saturated heterocycles. The fourth-order valence-electron chi connectivity index (χ4n) is 5.42. The van der Waals surface area contributed by atoms with Crippen molar-refractivity contribution in [1.29, 1.82) is 0 Å². The van der Waals surface area contributed by atoms with Gasteiger partial charge in [-0.05, 0) is 46.6 Å². The number of nitrogens with one attached hydrogen (secondary N) is 3. The fourth-order valence-corrected chi connectivity index (χ4v) is 7.04. The number of hydrogen-bond acceptors (Lipinski definition) is 7. The first-order valence-electron chi connectivity index (χ1n) is 15.0. The van der Waals surface area contributed by atoms with Gasteiger partial charge in [0, 0.05) is 4.75 Å². The maximum atomic E-state index is 13.7. The topological polar surface area (TPSA) is 154 Å². The van der Waals surface area contributed by atoms with Gasteiger partial charge < -0.3 is 30.7 Å². The van der Waals surface area contributed by atoms with E-state index in [2.05, 4.69) is 22.9 Å². The number of benzene rings is 1. The maximum Gasteiger partial charge on any atom is 0.408 e. The minimum Gasteiger partial charge on any atom is -0.480 e. The molecule has 0 aromatic heterocycles. The third kappa shape index (κ3) is 8.87. The number of carboxylic acid groups (broad SMARTS) is 1. The Labute approximate surface area is 258 Å². The van der Waals surface area contributed by atoms with Gasteiger partial charge in [0.2, 0.25) is 17.7 Å². The molecule has 11 nitrogen and oxygen atoms in total. The van der Waals surface area contributed by atoms with E-state index in [9.17, 15) is 29.1 Å². The van der Waals surface area contributed by atoms with Crippen molar-refractivity contribution in [2.24, 2.45) is 0 Å². The number of unbranched alkanes of at least 4 members (excludes halogenated alkanes) is 5. The summed E-state index contributed by atoms with van der Waals surface area (Å²) in [6, 6.07) is 4.60. The van der Waals surface area contributed by atoms with Crippen molar-refractivity contribution in [2.75, 3.05) is 0 Å². The molecule has 1 aromatic rings. The number of thioether (sulfide) groups is 1. The molecule has 3 rings (SSSR count). The molecule has 0 spiro atoms. The lowest BCUT2D eigenvalue weighted by Gasteiger charge is -2.44. The van der Waals surface area contributed by atoms with Crippen LogP contribution in [0.4, 0.5) is 4.79 Å². The molecular formula is C31H46N4O7S. The Morgan fingerprint density at radius 1 is 1.00 bits per heavy atom. The summed E-state index contributed by atoms with van der Waals surface area (Å²) in [4.78, 5) is 66.1. The SMILES string of the molecule is CCCCCCCCC(NC(=O)OC(C)(C)C)C(=O)N[C@@H](C(=O)N[C@@H]1C(=O)N2[C@@H]1SC(C)(C)[C@@H]2C(=O)O)c1ccccc1. The average molecular weight is 619 g/mol. The number of carbonyl (C=O) groups excluding carboxylic acids is 4. The number of carboxylic acids is 1. The number of ether oxygens (including phenoxy) is 1. The number of carbonyl (C=O) groups is 5. The van der Waals surface area contributed by atoms with Crippen molar-refractivity contribution in [3.05, 3.63) is 35.9 Å². The molecule has 1 aromatic carbocycles. The zero-order valence-electron chi connectivity index (χ0n) is 26.0. The Morgan fingerprint density at radius 2 is 1.63 bits per heavy atom.